The lowest BCUT2D eigenvalue weighted by molar-refractivity contribution is 0.154. The Kier molecular flexibility index (Phi) is 8.77. The minimum absolute atomic E-state index is 0.737. The molecule has 0 aliphatic carbocycles. The summed E-state index contributed by atoms with van der Waals surface area (Å²) in [4.78, 5) is 8.21. The van der Waals surface area contributed by atoms with E-state index in [-0.39, 0.29) is 0 Å². The largest absolute Gasteiger partial charge is 0.383 e. The molecule has 1 N–H and O–H groups in total. The van der Waals surface area contributed by atoms with E-state index in [9.17, 15) is 0 Å². The highest BCUT2D eigenvalue weighted by Gasteiger charge is 2.12. The number of ether oxygens (including phenoxy) is 2. The average Bonchev–Trinajstić information content (AvgIpc) is 2.87. The van der Waals surface area contributed by atoms with Gasteiger partial charge in [-0.3, -0.25) is 0 Å². The molecule has 0 spiro atoms. The van der Waals surface area contributed by atoms with Crippen molar-refractivity contribution in [3.63, 3.8) is 0 Å². The van der Waals surface area contributed by atoms with Crippen molar-refractivity contribution < 1.29 is 9.47 Å². The molecule has 1 rings (SSSR count). The van der Waals surface area contributed by atoms with Gasteiger partial charge in [0.05, 0.1) is 18.9 Å². The highest BCUT2D eigenvalue weighted by molar-refractivity contribution is 7.15. The summed E-state index contributed by atoms with van der Waals surface area (Å²) in [5.74, 6) is 0. The zero-order valence-corrected chi connectivity index (χ0v) is 13.9. The summed E-state index contributed by atoms with van der Waals surface area (Å²) in [5.41, 5.74) is 1.19. The molecule has 0 aliphatic heterocycles. The van der Waals surface area contributed by atoms with Gasteiger partial charge in [-0.25, -0.2) is 4.98 Å². The van der Waals surface area contributed by atoms with Crippen molar-refractivity contribution in [1.82, 2.24) is 10.3 Å². The van der Waals surface area contributed by atoms with Crippen LogP contribution in [0.3, 0.4) is 0 Å². The van der Waals surface area contributed by atoms with Gasteiger partial charge in [-0.1, -0.05) is 6.92 Å². The number of anilines is 1. The molecule has 1 aromatic rings. The average molecular weight is 301 g/mol. The van der Waals surface area contributed by atoms with E-state index in [2.05, 4.69) is 24.2 Å². The molecule has 0 aromatic carbocycles. The zero-order chi connectivity index (χ0) is 14.8. The van der Waals surface area contributed by atoms with Crippen LogP contribution in [0.1, 0.15) is 24.4 Å². The molecule has 20 heavy (non-hydrogen) atoms. The Balaban J connectivity index is 2.53. The maximum atomic E-state index is 5.39. The molecule has 0 radical (unpaired) electrons. The van der Waals surface area contributed by atoms with Crippen molar-refractivity contribution in [2.75, 3.05) is 52.0 Å². The molecular formula is C14H27N3O2S. The van der Waals surface area contributed by atoms with Crippen LogP contribution in [0, 0.1) is 0 Å². The number of nitrogens with zero attached hydrogens (tertiary/aromatic N) is 2. The van der Waals surface area contributed by atoms with Crippen LogP contribution >= 0.6 is 11.3 Å². The van der Waals surface area contributed by atoms with Gasteiger partial charge in [0.2, 0.25) is 0 Å². The van der Waals surface area contributed by atoms with Gasteiger partial charge < -0.3 is 19.7 Å². The lowest BCUT2D eigenvalue weighted by Crippen LogP contribution is -2.22. The van der Waals surface area contributed by atoms with Crippen LogP contribution in [0.4, 0.5) is 5.13 Å². The van der Waals surface area contributed by atoms with Crippen molar-refractivity contribution >= 4 is 16.5 Å². The lowest BCUT2D eigenvalue weighted by Gasteiger charge is -2.15. The van der Waals surface area contributed by atoms with E-state index >= 15 is 0 Å². The van der Waals surface area contributed by atoms with Crippen molar-refractivity contribution in [3.8, 4) is 0 Å². The van der Waals surface area contributed by atoms with Crippen LogP contribution in [0.2, 0.25) is 0 Å². The van der Waals surface area contributed by atoms with Crippen LogP contribution < -0.4 is 10.2 Å². The number of thiazole rings is 1. The molecule has 6 heteroatoms. The summed E-state index contributed by atoms with van der Waals surface area (Å²) in [5, 5.41) is 4.46. The van der Waals surface area contributed by atoms with Gasteiger partial charge in [0.1, 0.15) is 0 Å². The smallest absolute Gasteiger partial charge is 0.185 e. The molecule has 5 nitrogen and oxygen atoms in total. The molecule has 0 atom stereocenters. The van der Waals surface area contributed by atoms with Gasteiger partial charge >= 0.3 is 0 Å². The Morgan fingerprint density at radius 2 is 2.10 bits per heavy atom. The van der Waals surface area contributed by atoms with Gasteiger partial charge in [-0.2, -0.15) is 0 Å². The molecule has 1 aromatic heterocycles. The number of aromatic nitrogens is 1. The highest BCUT2D eigenvalue weighted by Crippen LogP contribution is 2.25. The fourth-order valence-electron chi connectivity index (χ4n) is 1.76. The van der Waals surface area contributed by atoms with E-state index in [1.54, 1.807) is 18.4 Å². The van der Waals surface area contributed by atoms with E-state index < -0.39 is 0 Å². The number of nitrogens with one attached hydrogen (secondary N) is 1. The third kappa shape index (κ3) is 5.75. The molecule has 0 aliphatic rings. The Bertz CT molecular complexity index is 371. The molecule has 1 heterocycles. The Labute approximate surface area is 126 Å². The normalized spacial score (nSPS) is 11.0. The first-order valence-electron chi connectivity index (χ1n) is 7.20. The summed E-state index contributed by atoms with van der Waals surface area (Å²) in [6.45, 7) is 9.02. The number of methoxy groups -OCH3 is 1. The standard InChI is InChI=1S/C14H27N3O2S/c1-5-12-13(11-15-7-9-18-4)20-14(16-12)17(3)8-10-19-6-2/h15H,5-11H2,1-4H3. The predicted molar refractivity (Wildman–Crippen MR) is 84.8 cm³/mol. The van der Waals surface area contributed by atoms with E-state index in [0.29, 0.717) is 0 Å². The molecule has 0 bridgehead atoms. The summed E-state index contributed by atoms with van der Waals surface area (Å²) in [6, 6.07) is 0. The number of hydrogen-bond donors (Lipinski definition) is 1. The third-order valence-corrected chi connectivity index (χ3v) is 4.18. The molecule has 0 saturated carbocycles. The number of rotatable bonds is 11. The molecular weight excluding hydrogens is 274 g/mol. The minimum atomic E-state index is 0.737. The fraction of sp³-hybridized carbons (Fsp3) is 0.786. The molecule has 0 saturated heterocycles. The molecule has 116 valence electrons. The van der Waals surface area contributed by atoms with E-state index in [4.69, 9.17) is 14.5 Å². The van der Waals surface area contributed by atoms with Gasteiger partial charge in [-0.05, 0) is 13.3 Å². The van der Waals surface area contributed by atoms with E-state index in [1.807, 2.05) is 6.92 Å². The zero-order valence-electron chi connectivity index (χ0n) is 13.1. The van der Waals surface area contributed by atoms with Crippen LogP contribution in [0.15, 0.2) is 0 Å². The van der Waals surface area contributed by atoms with E-state index in [0.717, 1.165) is 51.0 Å². The summed E-state index contributed by atoms with van der Waals surface area (Å²) in [7, 11) is 3.79. The Morgan fingerprint density at radius 3 is 2.75 bits per heavy atom. The van der Waals surface area contributed by atoms with Crippen LogP contribution in [-0.2, 0) is 22.4 Å². The number of hydrogen-bond acceptors (Lipinski definition) is 6. The summed E-state index contributed by atoms with van der Waals surface area (Å²) >= 11 is 1.76. The van der Waals surface area contributed by atoms with Gasteiger partial charge in [0, 0.05) is 45.3 Å². The number of aryl methyl sites for hydroxylation is 1. The Hall–Kier alpha value is -0.690. The summed E-state index contributed by atoms with van der Waals surface area (Å²) in [6.07, 6.45) is 0.969. The second kappa shape index (κ2) is 10.1. The second-order valence-electron chi connectivity index (χ2n) is 4.51. The van der Waals surface area contributed by atoms with Gasteiger partial charge in [-0.15, -0.1) is 11.3 Å². The van der Waals surface area contributed by atoms with Gasteiger partial charge in [0.25, 0.3) is 0 Å². The first kappa shape index (κ1) is 17.4. The number of likely N-dealkylation sites (N-methyl/N-ethyl adjacent to an activating group) is 1. The molecule has 0 fully saturated rings. The molecule has 0 unspecified atom stereocenters. The summed E-state index contributed by atoms with van der Waals surface area (Å²) < 4.78 is 10.4. The van der Waals surface area contributed by atoms with Gasteiger partial charge in [0.15, 0.2) is 5.13 Å². The minimum Gasteiger partial charge on any atom is -0.383 e. The lowest BCUT2D eigenvalue weighted by atomic mass is 10.3. The predicted octanol–water partition coefficient (Wildman–Crippen LogP) is 1.91. The van der Waals surface area contributed by atoms with Crippen molar-refractivity contribution in [3.05, 3.63) is 10.6 Å². The van der Waals surface area contributed by atoms with E-state index in [1.165, 1.54) is 10.6 Å². The van der Waals surface area contributed by atoms with Crippen molar-refractivity contribution in [2.24, 2.45) is 0 Å². The van der Waals surface area contributed by atoms with Crippen LogP contribution in [-0.4, -0.2) is 52.1 Å². The first-order valence-corrected chi connectivity index (χ1v) is 8.01. The van der Waals surface area contributed by atoms with Crippen LogP contribution in [0.5, 0.6) is 0 Å². The maximum absolute atomic E-state index is 5.39. The van der Waals surface area contributed by atoms with Crippen molar-refractivity contribution in [2.45, 2.75) is 26.8 Å². The Morgan fingerprint density at radius 1 is 1.30 bits per heavy atom. The van der Waals surface area contributed by atoms with Crippen molar-refractivity contribution in [1.29, 1.82) is 0 Å². The third-order valence-electron chi connectivity index (χ3n) is 2.97. The molecule has 0 amide bonds. The topological polar surface area (TPSA) is 46.6 Å². The fourth-order valence-corrected chi connectivity index (χ4v) is 2.87. The second-order valence-corrected chi connectivity index (χ2v) is 5.57. The van der Waals surface area contributed by atoms with Crippen LogP contribution in [0.25, 0.3) is 0 Å². The maximum Gasteiger partial charge on any atom is 0.185 e. The quantitative estimate of drug-likeness (QED) is 0.633. The first-order chi connectivity index (χ1) is 9.72. The highest BCUT2D eigenvalue weighted by atomic mass is 32.1. The SMILES string of the molecule is CCOCCN(C)c1nc(CC)c(CNCCOC)s1. The monoisotopic (exact) mass is 301 g/mol.